The van der Waals surface area contributed by atoms with Gasteiger partial charge in [0, 0.05) is 0 Å². The summed E-state index contributed by atoms with van der Waals surface area (Å²) < 4.78 is 0. The molecule has 2 aromatic rings. The van der Waals surface area contributed by atoms with Crippen LogP contribution in [0, 0.1) is 6.08 Å². The Hall–Kier alpha value is -0.617. The maximum atomic E-state index is 3.45. The van der Waals surface area contributed by atoms with Gasteiger partial charge in [0.15, 0.2) is 0 Å². The standard InChI is InChI=1S/C17H13.2ClH.Zr/c1-3-8-14(9-4-1)16-12-7-13-17(16)15-10-5-2-6-11-15;;;/h1-6,8-12H,7H2;2*1H;/q-1;;;+3/p-2. The number of rotatable bonds is 2. The molecule has 1 radical (unpaired) electrons. The minimum atomic E-state index is 0. The fourth-order valence-electron chi connectivity index (χ4n) is 2.19. The third kappa shape index (κ3) is 4.19. The minimum Gasteiger partial charge on any atom is -1.00 e. The summed E-state index contributed by atoms with van der Waals surface area (Å²) in [5.74, 6) is 0. The van der Waals surface area contributed by atoms with Crippen LogP contribution in [0.4, 0.5) is 0 Å². The van der Waals surface area contributed by atoms with E-state index < -0.39 is 0 Å². The van der Waals surface area contributed by atoms with E-state index in [-0.39, 0.29) is 51.0 Å². The zero-order valence-corrected chi connectivity index (χ0v) is 14.8. The normalized spacial score (nSPS) is 12.2. The first-order valence-electron chi connectivity index (χ1n) is 5.87. The molecule has 1 aliphatic rings. The van der Waals surface area contributed by atoms with Crippen molar-refractivity contribution in [1.29, 1.82) is 0 Å². The summed E-state index contributed by atoms with van der Waals surface area (Å²) in [6.45, 7) is 0. The maximum Gasteiger partial charge on any atom is 3.00 e. The molecule has 20 heavy (non-hydrogen) atoms. The van der Waals surface area contributed by atoms with Gasteiger partial charge in [0.25, 0.3) is 0 Å². The van der Waals surface area contributed by atoms with Crippen LogP contribution in [0.3, 0.4) is 0 Å². The largest absolute Gasteiger partial charge is 3.00 e. The van der Waals surface area contributed by atoms with E-state index in [1.165, 1.54) is 22.3 Å². The molecule has 99 valence electrons. The Bertz CT molecular complexity index is 521. The monoisotopic (exact) mass is 377 g/mol. The van der Waals surface area contributed by atoms with E-state index >= 15 is 0 Å². The molecule has 0 spiro atoms. The van der Waals surface area contributed by atoms with Gasteiger partial charge < -0.3 is 24.8 Å². The van der Waals surface area contributed by atoms with E-state index in [0.29, 0.717) is 0 Å². The Morgan fingerprint density at radius 1 is 0.700 bits per heavy atom. The van der Waals surface area contributed by atoms with Crippen LogP contribution in [-0.2, 0) is 26.2 Å². The van der Waals surface area contributed by atoms with Crippen LogP contribution in [0.5, 0.6) is 0 Å². The van der Waals surface area contributed by atoms with Gasteiger partial charge >= 0.3 is 26.2 Å². The Morgan fingerprint density at radius 3 is 1.75 bits per heavy atom. The summed E-state index contributed by atoms with van der Waals surface area (Å²) in [6, 6.07) is 21.0. The van der Waals surface area contributed by atoms with Gasteiger partial charge in [-0.25, -0.2) is 0 Å². The van der Waals surface area contributed by atoms with Crippen molar-refractivity contribution >= 4 is 11.1 Å². The summed E-state index contributed by atoms with van der Waals surface area (Å²) in [7, 11) is 0. The number of hydrogen-bond donors (Lipinski definition) is 0. The summed E-state index contributed by atoms with van der Waals surface area (Å²) in [6.07, 6.45) is 6.60. The maximum absolute atomic E-state index is 3.45. The molecule has 2 aromatic carbocycles. The SMILES string of the molecule is [C-]1=C(c2ccccc2)C(c2ccccc2)=CC1.[Cl-].[Cl-].[Zr+3]. The first kappa shape index (κ1) is 19.4. The Balaban J connectivity index is 0.00000120. The molecule has 0 aromatic heterocycles. The third-order valence-corrected chi connectivity index (χ3v) is 3.00. The molecule has 3 rings (SSSR count). The molecule has 0 atom stereocenters. The molecule has 3 heteroatoms. The molecule has 0 bridgehead atoms. The van der Waals surface area contributed by atoms with Crippen molar-refractivity contribution in [2.75, 3.05) is 0 Å². The molecular weight excluding hydrogens is 366 g/mol. The second-order valence-corrected chi connectivity index (χ2v) is 4.11. The number of benzene rings is 2. The van der Waals surface area contributed by atoms with Crippen LogP contribution < -0.4 is 24.8 Å². The summed E-state index contributed by atoms with van der Waals surface area (Å²) in [4.78, 5) is 0. The molecule has 0 aliphatic heterocycles. The topological polar surface area (TPSA) is 0 Å². The third-order valence-electron chi connectivity index (χ3n) is 3.00. The molecule has 0 heterocycles. The molecule has 0 unspecified atom stereocenters. The van der Waals surface area contributed by atoms with Crippen molar-refractivity contribution in [3.8, 4) is 0 Å². The zero-order valence-electron chi connectivity index (χ0n) is 10.8. The average Bonchev–Trinajstić information content (AvgIpc) is 2.90. The van der Waals surface area contributed by atoms with Gasteiger partial charge in [0.2, 0.25) is 0 Å². The fraction of sp³-hybridized carbons (Fsp3) is 0.0588. The smallest absolute Gasteiger partial charge is 1.00 e. The van der Waals surface area contributed by atoms with Gasteiger partial charge in [0.05, 0.1) is 0 Å². The second-order valence-electron chi connectivity index (χ2n) is 4.11. The van der Waals surface area contributed by atoms with Gasteiger partial charge in [-0.3, -0.25) is 0 Å². The predicted molar refractivity (Wildman–Crippen MR) is 72.1 cm³/mol. The second kappa shape index (κ2) is 9.34. The first-order chi connectivity index (χ1) is 8.45. The number of hydrogen-bond acceptors (Lipinski definition) is 0. The van der Waals surface area contributed by atoms with Gasteiger partial charge in [0.1, 0.15) is 0 Å². The van der Waals surface area contributed by atoms with Gasteiger partial charge in [-0.2, -0.15) is 11.6 Å². The van der Waals surface area contributed by atoms with Crippen molar-refractivity contribution in [1.82, 2.24) is 0 Å². The zero-order chi connectivity index (χ0) is 11.5. The summed E-state index contributed by atoms with van der Waals surface area (Å²) in [5, 5.41) is 0. The van der Waals surface area contributed by atoms with E-state index in [1.807, 2.05) is 6.07 Å². The summed E-state index contributed by atoms with van der Waals surface area (Å²) in [5.41, 5.74) is 5.06. The minimum absolute atomic E-state index is 0. The van der Waals surface area contributed by atoms with Crippen molar-refractivity contribution < 1.29 is 51.0 Å². The number of halogens is 2. The van der Waals surface area contributed by atoms with Crippen LogP contribution >= 0.6 is 0 Å². The van der Waals surface area contributed by atoms with Crippen molar-refractivity contribution in [2.24, 2.45) is 0 Å². The van der Waals surface area contributed by atoms with Gasteiger partial charge in [-0.05, 0) is 0 Å². The molecule has 0 saturated carbocycles. The van der Waals surface area contributed by atoms with E-state index in [4.69, 9.17) is 0 Å². The van der Waals surface area contributed by atoms with Crippen molar-refractivity contribution in [3.05, 3.63) is 83.9 Å². The predicted octanol–water partition coefficient (Wildman–Crippen LogP) is -1.63. The number of allylic oxidation sites excluding steroid dienone is 4. The van der Waals surface area contributed by atoms with Gasteiger partial charge in [-0.15, -0.1) is 29.3 Å². The Kier molecular flexibility index (Phi) is 9.06. The van der Waals surface area contributed by atoms with E-state index in [0.717, 1.165) is 6.42 Å². The van der Waals surface area contributed by atoms with Crippen LogP contribution in [-0.4, -0.2) is 0 Å². The average molecular weight is 379 g/mol. The molecule has 0 saturated heterocycles. The van der Waals surface area contributed by atoms with E-state index in [1.54, 1.807) is 0 Å². The fourth-order valence-corrected chi connectivity index (χ4v) is 2.19. The van der Waals surface area contributed by atoms with E-state index in [2.05, 4.69) is 66.7 Å². The van der Waals surface area contributed by atoms with E-state index in [9.17, 15) is 0 Å². The molecule has 0 fully saturated rings. The van der Waals surface area contributed by atoms with Crippen molar-refractivity contribution in [3.63, 3.8) is 0 Å². The Morgan fingerprint density at radius 2 is 1.20 bits per heavy atom. The molecule has 1 aliphatic carbocycles. The van der Waals surface area contributed by atoms with Crippen molar-refractivity contribution in [2.45, 2.75) is 6.42 Å². The van der Waals surface area contributed by atoms with Gasteiger partial charge in [-0.1, -0.05) is 60.5 Å². The van der Waals surface area contributed by atoms with Crippen LogP contribution in [0.2, 0.25) is 0 Å². The molecular formula is C17H13Cl2Zr. The molecule has 0 amide bonds. The Labute approximate surface area is 151 Å². The van der Waals surface area contributed by atoms with Crippen LogP contribution in [0.1, 0.15) is 17.5 Å². The van der Waals surface area contributed by atoms with Crippen LogP contribution in [0.15, 0.2) is 66.7 Å². The quantitative estimate of drug-likeness (QED) is 0.550. The summed E-state index contributed by atoms with van der Waals surface area (Å²) >= 11 is 0. The first-order valence-corrected chi connectivity index (χ1v) is 5.87. The molecule has 0 nitrogen and oxygen atoms in total. The van der Waals surface area contributed by atoms with Crippen LogP contribution in [0.25, 0.3) is 11.1 Å². The molecule has 0 N–H and O–H groups in total.